The van der Waals surface area contributed by atoms with Crippen LogP contribution in [0.5, 0.6) is 0 Å². The fourth-order valence-electron chi connectivity index (χ4n) is 1.44. The van der Waals surface area contributed by atoms with Crippen molar-refractivity contribution in [2.24, 2.45) is 0 Å². The molecule has 0 saturated carbocycles. The Bertz CT molecular complexity index is 413. The van der Waals surface area contributed by atoms with Gasteiger partial charge in [0.15, 0.2) is 5.82 Å². The lowest BCUT2D eigenvalue weighted by atomic mass is 9.87. The average Bonchev–Trinajstić information content (AvgIpc) is 2.19. The Morgan fingerprint density at radius 2 is 2.12 bits per heavy atom. The summed E-state index contributed by atoms with van der Waals surface area (Å²) in [6.07, 6.45) is 2.64. The lowest BCUT2D eigenvalue weighted by Crippen LogP contribution is -2.22. The number of carbonyl (C=O) groups excluding carboxylic acids is 1. The summed E-state index contributed by atoms with van der Waals surface area (Å²) in [5.41, 5.74) is 0.529. The summed E-state index contributed by atoms with van der Waals surface area (Å²) in [6, 6.07) is 0. The van der Waals surface area contributed by atoms with Gasteiger partial charge in [-0.3, -0.25) is 9.78 Å². The maximum absolute atomic E-state index is 13.7. The number of hydrogen-bond donors (Lipinski definition) is 1. The Hall–Kier alpha value is -1.49. The third kappa shape index (κ3) is 3.49. The third-order valence-electron chi connectivity index (χ3n) is 2.25. The van der Waals surface area contributed by atoms with E-state index in [1.165, 1.54) is 7.11 Å². The van der Waals surface area contributed by atoms with Crippen molar-refractivity contribution in [1.29, 1.82) is 0 Å². The second-order valence-electron chi connectivity index (χ2n) is 4.78. The summed E-state index contributed by atoms with van der Waals surface area (Å²) in [4.78, 5) is 15.2. The number of halogens is 1. The number of anilines is 1. The van der Waals surface area contributed by atoms with Gasteiger partial charge in [0, 0.05) is 18.9 Å². The Kier molecular flexibility index (Phi) is 4.17. The van der Waals surface area contributed by atoms with E-state index in [2.05, 4.69) is 10.3 Å². The predicted molar refractivity (Wildman–Crippen MR) is 63.4 cm³/mol. The van der Waals surface area contributed by atoms with Crippen molar-refractivity contribution >= 4 is 11.6 Å². The van der Waals surface area contributed by atoms with Crippen LogP contribution in [0, 0.1) is 5.82 Å². The molecule has 0 bridgehead atoms. The van der Waals surface area contributed by atoms with E-state index in [0.29, 0.717) is 5.56 Å². The minimum absolute atomic E-state index is 0.106. The van der Waals surface area contributed by atoms with Crippen LogP contribution in [0.2, 0.25) is 0 Å². The van der Waals surface area contributed by atoms with Crippen LogP contribution in [0.15, 0.2) is 12.4 Å². The van der Waals surface area contributed by atoms with Gasteiger partial charge in [-0.1, -0.05) is 20.8 Å². The van der Waals surface area contributed by atoms with Gasteiger partial charge in [0.1, 0.15) is 6.61 Å². The predicted octanol–water partition coefficient (Wildman–Crippen LogP) is 2.10. The van der Waals surface area contributed by atoms with Crippen LogP contribution < -0.4 is 5.32 Å². The van der Waals surface area contributed by atoms with E-state index in [0.717, 1.165) is 6.20 Å². The van der Waals surface area contributed by atoms with Crippen molar-refractivity contribution in [3.8, 4) is 0 Å². The molecular weight excluding hydrogens is 223 g/mol. The van der Waals surface area contributed by atoms with Gasteiger partial charge in [0.05, 0.1) is 11.9 Å². The Balaban J connectivity index is 3.09. The second kappa shape index (κ2) is 5.23. The molecule has 0 aliphatic carbocycles. The number of hydrogen-bond acceptors (Lipinski definition) is 3. The quantitative estimate of drug-likeness (QED) is 0.880. The molecule has 0 atom stereocenters. The fraction of sp³-hybridized carbons (Fsp3) is 0.500. The van der Waals surface area contributed by atoms with E-state index in [1.54, 1.807) is 6.20 Å². The highest BCUT2D eigenvalue weighted by molar-refractivity contribution is 5.92. The van der Waals surface area contributed by atoms with Crippen molar-refractivity contribution in [1.82, 2.24) is 4.98 Å². The van der Waals surface area contributed by atoms with Gasteiger partial charge in [-0.25, -0.2) is 4.39 Å². The highest BCUT2D eigenvalue weighted by atomic mass is 19.1. The van der Waals surface area contributed by atoms with E-state index in [1.807, 2.05) is 20.8 Å². The molecule has 1 N–H and O–H groups in total. The molecule has 4 nitrogen and oxygen atoms in total. The molecule has 94 valence electrons. The fourth-order valence-corrected chi connectivity index (χ4v) is 1.44. The Morgan fingerprint density at radius 1 is 1.47 bits per heavy atom. The van der Waals surface area contributed by atoms with E-state index in [-0.39, 0.29) is 23.6 Å². The molecule has 1 aromatic rings. The molecule has 0 radical (unpaired) electrons. The number of rotatable bonds is 3. The molecule has 5 heteroatoms. The molecule has 1 amide bonds. The van der Waals surface area contributed by atoms with Crippen LogP contribution in [-0.2, 0) is 14.9 Å². The van der Waals surface area contributed by atoms with E-state index >= 15 is 0 Å². The molecule has 1 rings (SSSR count). The topological polar surface area (TPSA) is 51.2 Å². The summed E-state index contributed by atoms with van der Waals surface area (Å²) in [5, 5.41) is 2.51. The van der Waals surface area contributed by atoms with Gasteiger partial charge in [-0.05, 0) is 5.41 Å². The third-order valence-corrected chi connectivity index (χ3v) is 2.25. The van der Waals surface area contributed by atoms with E-state index in [4.69, 9.17) is 4.74 Å². The molecule has 0 aromatic carbocycles. The van der Waals surface area contributed by atoms with Gasteiger partial charge in [0.2, 0.25) is 5.91 Å². The molecule has 17 heavy (non-hydrogen) atoms. The molecule has 0 aliphatic rings. The Labute approximate surface area is 100 Å². The normalized spacial score (nSPS) is 11.4. The number of pyridine rings is 1. The zero-order chi connectivity index (χ0) is 13.1. The van der Waals surface area contributed by atoms with Gasteiger partial charge < -0.3 is 10.1 Å². The molecule has 0 spiro atoms. The van der Waals surface area contributed by atoms with Crippen molar-refractivity contribution in [2.75, 3.05) is 19.0 Å². The average molecular weight is 240 g/mol. The Morgan fingerprint density at radius 3 is 2.65 bits per heavy atom. The first kappa shape index (κ1) is 13.6. The molecule has 0 fully saturated rings. The monoisotopic (exact) mass is 240 g/mol. The highest BCUT2D eigenvalue weighted by Crippen LogP contribution is 2.30. The first-order valence-electron chi connectivity index (χ1n) is 5.29. The number of carbonyl (C=O) groups is 1. The summed E-state index contributed by atoms with van der Waals surface area (Å²) in [5.74, 6) is -0.926. The largest absolute Gasteiger partial charge is 0.375 e. The molecule has 0 aliphatic heterocycles. The first-order chi connectivity index (χ1) is 7.86. The number of methoxy groups -OCH3 is 1. The van der Waals surface area contributed by atoms with Crippen LogP contribution in [0.4, 0.5) is 10.1 Å². The maximum Gasteiger partial charge on any atom is 0.250 e. The van der Waals surface area contributed by atoms with Crippen LogP contribution in [0.3, 0.4) is 0 Å². The van der Waals surface area contributed by atoms with Gasteiger partial charge >= 0.3 is 0 Å². The number of nitrogens with zero attached hydrogens (tertiary/aromatic N) is 1. The second-order valence-corrected chi connectivity index (χ2v) is 4.78. The molecular formula is C12H17FN2O2. The van der Waals surface area contributed by atoms with Crippen LogP contribution >= 0.6 is 0 Å². The molecule has 0 unspecified atom stereocenters. The van der Waals surface area contributed by atoms with Gasteiger partial charge in [0.25, 0.3) is 0 Å². The lowest BCUT2D eigenvalue weighted by Gasteiger charge is -2.22. The standard InChI is InChI=1S/C12H17FN2O2/c1-12(2,3)8-5-14-6-9(13)11(8)15-10(16)7-17-4/h5-6H,7H2,1-4H3,(H,14,15,16). The number of aromatic nitrogens is 1. The van der Waals surface area contributed by atoms with Crippen LogP contribution in [0.25, 0.3) is 0 Å². The maximum atomic E-state index is 13.7. The lowest BCUT2D eigenvalue weighted by molar-refractivity contribution is -0.119. The SMILES string of the molecule is COCC(=O)Nc1c(F)cncc1C(C)(C)C. The summed E-state index contributed by atoms with van der Waals surface area (Å²) >= 11 is 0. The van der Waals surface area contributed by atoms with Crippen LogP contribution in [-0.4, -0.2) is 24.6 Å². The zero-order valence-corrected chi connectivity index (χ0v) is 10.5. The van der Waals surface area contributed by atoms with E-state index < -0.39 is 5.82 Å². The smallest absolute Gasteiger partial charge is 0.250 e. The highest BCUT2D eigenvalue weighted by Gasteiger charge is 2.22. The summed E-state index contributed by atoms with van der Waals surface area (Å²) in [7, 11) is 1.41. The zero-order valence-electron chi connectivity index (χ0n) is 10.5. The van der Waals surface area contributed by atoms with Crippen molar-refractivity contribution in [3.63, 3.8) is 0 Å². The minimum atomic E-state index is -0.540. The molecule has 0 saturated heterocycles. The van der Waals surface area contributed by atoms with Crippen LogP contribution in [0.1, 0.15) is 26.3 Å². The van der Waals surface area contributed by atoms with Crippen molar-refractivity contribution in [2.45, 2.75) is 26.2 Å². The van der Waals surface area contributed by atoms with E-state index in [9.17, 15) is 9.18 Å². The number of ether oxygens (including phenoxy) is 1. The number of nitrogens with one attached hydrogen (secondary N) is 1. The first-order valence-corrected chi connectivity index (χ1v) is 5.29. The summed E-state index contributed by atoms with van der Waals surface area (Å²) < 4.78 is 18.4. The number of amides is 1. The van der Waals surface area contributed by atoms with Crippen molar-refractivity contribution in [3.05, 3.63) is 23.8 Å². The van der Waals surface area contributed by atoms with Gasteiger partial charge in [-0.15, -0.1) is 0 Å². The van der Waals surface area contributed by atoms with Gasteiger partial charge in [-0.2, -0.15) is 0 Å². The van der Waals surface area contributed by atoms with Crippen molar-refractivity contribution < 1.29 is 13.9 Å². The summed E-state index contributed by atoms with van der Waals surface area (Å²) in [6.45, 7) is 5.67. The minimum Gasteiger partial charge on any atom is -0.375 e. The molecule has 1 heterocycles. The molecule has 1 aromatic heterocycles.